The van der Waals surface area contributed by atoms with Crippen molar-refractivity contribution in [2.45, 2.75) is 32.7 Å². The Morgan fingerprint density at radius 3 is 2.67 bits per heavy atom. The monoisotopic (exact) mass is 402 g/mol. The molecule has 0 saturated carbocycles. The lowest BCUT2D eigenvalue weighted by Crippen LogP contribution is -2.34. The minimum Gasteiger partial charge on any atom is -0.349 e. The molecule has 1 saturated heterocycles. The Hall–Kier alpha value is -3.41. The van der Waals surface area contributed by atoms with Crippen LogP contribution in [0.3, 0.4) is 0 Å². The molecule has 1 aliphatic heterocycles. The first-order chi connectivity index (χ1) is 14.6. The van der Waals surface area contributed by atoms with Gasteiger partial charge in [0.1, 0.15) is 0 Å². The van der Waals surface area contributed by atoms with Crippen LogP contribution in [-0.4, -0.2) is 27.9 Å². The Bertz CT molecular complexity index is 1030. The van der Waals surface area contributed by atoms with Crippen molar-refractivity contribution in [3.05, 3.63) is 78.4 Å². The first-order valence-corrected chi connectivity index (χ1v) is 10.3. The van der Waals surface area contributed by atoms with E-state index in [-0.39, 0.29) is 30.2 Å². The van der Waals surface area contributed by atoms with E-state index < -0.39 is 0 Å². The molecule has 6 nitrogen and oxygen atoms in total. The van der Waals surface area contributed by atoms with Crippen molar-refractivity contribution in [1.82, 2.24) is 14.9 Å². The van der Waals surface area contributed by atoms with Crippen LogP contribution in [0.5, 0.6) is 0 Å². The molecule has 0 bridgehead atoms. The van der Waals surface area contributed by atoms with Gasteiger partial charge in [-0.25, -0.2) is 4.98 Å². The number of hydrogen-bond acceptors (Lipinski definition) is 3. The van der Waals surface area contributed by atoms with Gasteiger partial charge in [-0.2, -0.15) is 0 Å². The molecule has 4 rings (SSSR count). The number of nitrogens with one attached hydrogen (secondary N) is 1. The maximum absolute atomic E-state index is 12.9. The third kappa shape index (κ3) is 3.99. The molecule has 30 heavy (non-hydrogen) atoms. The predicted molar refractivity (Wildman–Crippen MR) is 116 cm³/mol. The summed E-state index contributed by atoms with van der Waals surface area (Å²) < 4.78 is 1.93. The summed E-state index contributed by atoms with van der Waals surface area (Å²) in [7, 11) is 0. The van der Waals surface area contributed by atoms with E-state index in [0.717, 1.165) is 28.9 Å². The molecule has 2 atom stereocenters. The Kier molecular flexibility index (Phi) is 5.65. The van der Waals surface area contributed by atoms with Crippen LogP contribution in [0.25, 0.3) is 5.69 Å². The van der Waals surface area contributed by atoms with E-state index in [1.165, 1.54) is 0 Å². The molecule has 2 unspecified atom stereocenters. The maximum Gasteiger partial charge on any atom is 0.227 e. The van der Waals surface area contributed by atoms with Crippen LogP contribution >= 0.6 is 0 Å². The number of aryl methyl sites for hydroxylation is 1. The first-order valence-electron chi connectivity index (χ1n) is 10.3. The molecule has 1 aliphatic rings. The molecule has 2 amide bonds. The summed E-state index contributed by atoms with van der Waals surface area (Å²) in [6.07, 6.45) is 6.47. The molecule has 6 heteroatoms. The summed E-state index contributed by atoms with van der Waals surface area (Å²) in [6, 6.07) is 15.8. The van der Waals surface area contributed by atoms with Gasteiger partial charge < -0.3 is 14.8 Å². The summed E-state index contributed by atoms with van der Waals surface area (Å²) >= 11 is 0. The highest BCUT2D eigenvalue weighted by Crippen LogP contribution is 2.29. The maximum atomic E-state index is 12.9. The van der Waals surface area contributed by atoms with Crippen molar-refractivity contribution in [3.63, 3.8) is 0 Å². The molecular weight excluding hydrogens is 376 g/mol. The summed E-state index contributed by atoms with van der Waals surface area (Å²) in [5, 5.41) is 3.08. The van der Waals surface area contributed by atoms with E-state index in [1.807, 2.05) is 66.2 Å². The standard InChI is InChI=1S/C24H26N4O2/c1-3-18-6-4-5-7-22(18)28-15-20(14-23(28)29)24(30)26-17(2)19-8-10-21(11-9-19)27-13-12-25-16-27/h4-13,16-17,20H,3,14-15H2,1-2H3,(H,26,30). The fraction of sp³-hybridized carbons (Fsp3) is 0.292. The van der Waals surface area contributed by atoms with E-state index in [1.54, 1.807) is 17.4 Å². The summed E-state index contributed by atoms with van der Waals surface area (Å²) in [6.45, 7) is 4.46. The highest BCUT2D eigenvalue weighted by molar-refractivity contribution is 6.00. The molecule has 0 aliphatic carbocycles. The number of aromatic nitrogens is 2. The van der Waals surface area contributed by atoms with Crippen molar-refractivity contribution in [2.75, 3.05) is 11.4 Å². The lowest BCUT2D eigenvalue weighted by Gasteiger charge is -2.21. The molecule has 1 fully saturated rings. The van der Waals surface area contributed by atoms with Crippen molar-refractivity contribution in [2.24, 2.45) is 5.92 Å². The minimum absolute atomic E-state index is 0.00777. The molecule has 1 aromatic heterocycles. The summed E-state index contributed by atoms with van der Waals surface area (Å²) in [5.74, 6) is -0.408. The van der Waals surface area contributed by atoms with Gasteiger partial charge in [-0.15, -0.1) is 0 Å². The van der Waals surface area contributed by atoms with Crippen LogP contribution in [0.2, 0.25) is 0 Å². The van der Waals surface area contributed by atoms with Crippen molar-refractivity contribution in [3.8, 4) is 5.69 Å². The van der Waals surface area contributed by atoms with Gasteiger partial charge in [0.05, 0.1) is 18.3 Å². The van der Waals surface area contributed by atoms with Gasteiger partial charge in [0.25, 0.3) is 0 Å². The minimum atomic E-state index is -0.338. The zero-order chi connectivity index (χ0) is 21.1. The number of hydrogen-bond donors (Lipinski definition) is 1. The Labute approximate surface area is 176 Å². The number of rotatable bonds is 6. The Balaban J connectivity index is 1.41. The van der Waals surface area contributed by atoms with E-state index in [9.17, 15) is 9.59 Å². The van der Waals surface area contributed by atoms with Crippen LogP contribution < -0.4 is 10.2 Å². The number of para-hydroxylation sites is 1. The zero-order valence-electron chi connectivity index (χ0n) is 17.3. The quantitative estimate of drug-likeness (QED) is 0.684. The van der Waals surface area contributed by atoms with Crippen LogP contribution in [0.1, 0.15) is 37.4 Å². The highest BCUT2D eigenvalue weighted by atomic mass is 16.2. The fourth-order valence-corrected chi connectivity index (χ4v) is 3.95. The van der Waals surface area contributed by atoms with Gasteiger partial charge in [-0.05, 0) is 42.7 Å². The predicted octanol–water partition coefficient (Wildman–Crippen LogP) is 3.67. The van der Waals surface area contributed by atoms with Gasteiger partial charge in [-0.3, -0.25) is 9.59 Å². The largest absolute Gasteiger partial charge is 0.349 e. The van der Waals surface area contributed by atoms with Gasteiger partial charge in [0.15, 0.2) is 0 Å². The molecular formula is C24H26N4O2. The number of nitrogens with zero attached hydrogens (tertiary/aromatic N) is 3. The van der Waals surface area contributed by atoms with Crippen molar-refractivity contribution >= 4 is 17.5 Å². The van der Waals surface area contributed by atoms with Crippen molar-refractivity contribution < 1.29 is 9.59 Å². The number of benzene rings is 2. The fourth-order valence-electron chi connectivity index (χ4n) is 3.95. The lowest BCUT2D eigenvalue weighted by atomic mass is 10.0. The van der Waals surface area contributed by atoms with E-state index >= 15 is 0 Å². The van der Waals surface area contributed by atoms with Gasteiger partial charge in [0, 0.05) is 36.7 Å². The lowest BCUT2D eigenvalue weighted by molar-refractivity contribution is -0.126. The topological polar surface area (TPSA) is 67.2 Å². The number of imidazole rings is 1. The average molecular weight is 402 g/mol. The molecule has 0 radical (unpaired) electrons. The van der Waals surface area contributed by atoms with Crippen molar-refractivity contribution in [1.29, 1.82) is 0 Å². The molecule has 154 valence electrons. The number of carbonyl (C=O) groups excluding carboxylic acids is 2. The van der Waals surface area contributed by atoms with Crippen LogP contribution in [0.15, 0.2) is 67.3 Å². The third-order valence-corrected chi connectivity index (χ3v) is 5.71. The van der Waals surface area contributed by atoms with Crippen LogP contribution in [-0.2, 0) is 16.0 Å². The Morgan fingerprint density at radius 1 is 1.20 bits per heavy atom. The van der Waals surface area contributed by atoms with E-state index in [0.29, 0.717) is 6.54 Å². The number of carbonyl (C=O) groups is 2. The number of anilines is 1. The molecule has 1 N–H and O–H groups in total. The smallest absolute Gasteiger partial charge is 0.227 e. The molecule has 3 aromatic rings. The second-order valence-electron chi connectivity index (χ2n) is 7.68. The SMILES string of the molecule is CCc1ccccc1N1CC(C(=O)NC(C)c2ccc(-n3ccnc3)cc2)CC1=O. The molecule has 2 heterocycles. The third-order valence-electron chi connectivity index (χ3n) is 5.71. The molecule has 2 aromatic carbocycles. The highest BCUT2D eigenvalue weighted by Gasteiger charge is 2.36. The van der Waals surface area contributed by atoms with Gasteiger partial charge >= 0.3 is 0 Å². The normalized spacial score (nSPS) is 17.2. The van der Waals surface area contributed by atoms with Gasteiger partial charge in [0.2, 0.25) is 11.8 Å². The summed E-state index contributed by atoms with van der Waals surface area (Å²) in [5.41, 5.74) is 4.08. The van der Waals surface area contributed by atoms with E-state index in [4.69, 9.17) is 0 Å². The average Bonchev–Trinajstić information content (AvgIpc) is 3.44. The zero-order valence-corrected chi connectivity index (χ0v) is 17.3. The Morgan fingerprint density at radius 2 is 1.97 bits per heavy atom. The second kappa shape index (κ2) is 8.53. The summed E-state index contributed by atoms with van der Waals surface area (Å²) in [4.78, 5) is 31.3. The molecule has 0 spiro atoms. The second-order valence-corrected chi connectivity index (χ2v) is 7.68. The van der Waals surface area contributed by atoms with Crippen LogP contribution in [0, 0.1) is 5.92 Å². The van der Waals surface area contributed by atoms with E-state index in [2.05, 4.69) is 17.2 Å². The van der Waals surface area contributed by atoms with Crippen LogP contribution in [0.4, 0.5) is 5.69 Å². The number of amides is 2. The first kappa shape index (κ1) is 19.9. The van der Waals surface area contributed by atoms with Gasteiger partial charge in [-0.1, -0.05) is 37.3 Å².